The minimum absolute atomic E-state index is 0.0442. The van der Waals surface area contributed by atoms with Crippen molar-refractivity contribution in [2.75, 3.05) is 39.3 Å². The monoisotopic (exact) mass is 387 g/mol. The van der Waals surface area contributed by atoms with Gasteiger partial charge in [0.25, 0.3) is 0 Å². The molecule has 2 saturated heterocycles. The summed E-state index contributed by atoms with van der Waals surface area (Å²) in [6, 6.07) is 8.15. The van der Waals surface area contributed by atoms with Crippen molar-refractivity contribution in [3.8, 4) is 0 Å². The molecule has 3 rings (SSSR count). The van der Waals surface area contributed by atoms with E-state index in [1.807, 2.05) is 36.1 Å². The summed E-state index contributed by atoms with van der Waals surface area (Å²) < 4.78 is 5.39. The van der Waals surface area contributed by atoms with E-state index in [1.165, 1.54) is 0 Å². The lowest BCUT2D eigenvalue weighted by Crippen LogP contribution is -2.44. The highest BCUT2D eigenvalue weighted by molar-refractivity contribution is 5.79. The Morgan fingerprint density at radius 3 is 2.32 bits per heavy atom. The zero-order chi connectivity index (χ0) is 19.8. The Kier molecular flexibility index (Phi) is 7.86. The van der Waals surface area contributed by atoms with E-state index in [9.17, 15) is 9.59 Å². The SMILES string of the molecule is CCOCc1ccc(CNC(=O)CN2CCC(C(=O)N3CCCC3)CC2)cc1. The molecule has 0 saturated carbocycles. The second kappa shape index (κ2) is 10.6. The molecule has 0 atom stereocenters. The van der Waals surface area contributed by atoms with Crippen LogP contribution in [0, 0.1) is 5.92 Å². The Labute approximate surface area is 168 Å². The normalized spacial score (nSPS) is 18.4. The van der Waals surface area contributed by atoms with E-state index in [0.717, 1.165) is 63.0 Å². The van der Waals surface area contributed by atoms with Gasteiger partial charge in [-0.15, -0.1) is 0 Å². The zero-order valence-electron chi connectivity index (χ0n) is 17.0. The van der Waals surface area contributed by atoms with Crippen LogP contribution in [0.1, 0.15) is 43.7 Å². The first-order valence-corrected chi connectivity index (χ1v) is 10.6. The maximum Gasteiger partial charge on any atom is 0.234 e. The van der Waals surface area contributed by atoms with E-state index >= 15 is 0 Å². The van der Waals surface area contributed by atoms with Gasteiger partial charge >= 0.3 is 0 Å². The minimum atomic E-state index is 0.0442. The van der Waals surface area contributed by atoms with Crippen LogP contribution in [0.15, 0.2) is 24.3 Å². The third kappa shape index (κ3) is 6.04. The molecule has 6 nitrogen and oxygen atoms in total. The fourth-order valence-corrected chi connectivity index (χ4v) is 3.97. The number of amides is 2. The Hall–Kier alpha value is -1.92. The van der Waals surface area contributed by atoms with Gasteiger partial charge in [0.1, 0.15) is 0 Å². The van der Waals surface area contributed by atoms with Crippen molar-refractivity contribution in [1.82, 2.24) is 15.1 Å². The highest BCUT2D eigenvalue weighted by Crippen LogP contribution is 2.21. The quantitative estimate of drug-likeness (QED) is 0.743. The van der Waals surface area contributed by atoms with E-state index in [0.29, 0.717) is 32.2 Å². The standard InChI is InChI=1S/C22H33N3O3/c1-2-28-17-19-7-5-18(6-8-19)15-23-21(26)16-24-13-9-20(10-14-24)22(27)25-11-3-4-12-25/h5-8,20H,2-4,9-17H2,1H3,(H,23,26). The van der Waals surface area contributed by atoms with E-state index < -0.39 is 0 Å². The lowest BCUT2D eigenvalue weighted by molar-refractivity contribution is -0.136. The summed E-state index contributed by atoms with van der Waals surface area (Å²) >= 11 is 0. The van der Waals surface area contributed by atoms with Gasteiger partial charge in [-0.2, -0.15) is 0 Å². The fourth-order valence-electron chi connectivity index (χ4n) is 3.97. The minimum Gasteiger partial charge on any atom is -0.377 e. The number of rotatable bonds is 8. The molecular weight excluding hydrogens is 354 g/mol. The van der Waals surface area contributed by atoms with Gasteiger partial charge in [-0.25, -0.2) is 0 Å². The summed E-state index contributed by atoms with van der Waals surface area (Å²) in [4.78, 5) is 28.9. The molecule has 0 unspecified atom stereocenters. The van der Waals surface area contributed by atoms with Crippen LogP contribution in [-0.2, 0) is 27.5 Å². The van der Waals surface area contributed by atoms with Gasteiger partial charge in [0.05, 0.1) is 13.2 Å². The van der Waals surface area contributed by atoms with Crippen LogP contribution in [0.2, 0.25) is 0 Å². The Morgan fingerprint density at radius 2 is 1.68 bits per heavy atom. The topological polar surface area (TPSA) is 61.9 Å². The van der Waals surface area contributed by atoms with Crippen LogP contribution in [0.4, 0.5) is 0 Å². The summed E-state index contributed by atoms with van der Waals surface area (Å²) in [5, 5.41) is 3.00. The van der Waals surface area contributed by atoms with Crippen LogP contribution >= 0.6 is 0 Å². The third-order valence-corrected chi connectivity index (χ3v) is 5.71. The molecule has 2 amide bonds. The van der Waals surface area contributed by atoms with Crippen LogP contribution in [-0.4, -0.2) is 60.9 Å². The molecule has 0 bridgehead atoms. The Balaban J connectivity index is 1.34. The van der Waals surface area contributed by atoms with Gasteiger partial charge in [-0.1, -0.05) is 24.3 Å². The number of carbonyl (C=O) groups excluding carboxylic acids is 2. The van der Waals surface area contributed by atoms with Crippen LogP contribution in [0.25, 0.3) is 0 Å². The Morgan fingerprint density at radius 1 is 1.04 bits per heavy atom. The summed E-state index contributed by atoms with van der Waals surface area (Å²) in [6.45, 7) is 7.76. The maximum absolute atomic E-state index is 12.5. The molecule has 2 heterocycles. The second-order valence-electron chi connectivity index (χ2n) is 7.81. The van der Waals surface area contributed by atoms with Crippen molar-refractivity contribution in [2.24, 2.45) is 5.92 Å². The average molecular weight is 388 g/mol. The molecule has 2 aliphatic heterocycles. The van der Waals surface area contributed by atoms with E-state index in [1.54, 1.807) is 0 Å². The number of piperidine rings is 1. The van der Waals surface area contributed by atoms with Gasteiger partial charge in [0, 0.05) is 32.2 Å². The smallest absolute Gasteiger partial charge is 0.234 e. The lowest BCUT2D eigenvalue weighted by Gasteiger charge is -2.32. The van der Waals surface area contributed by atoms with Crippen molar-refractivity contribution in [1.29, 1.82) is 0 Å². The van der Waals surface area contributed by atoms with Crippen LogP contribution < -0.4 is 5.32 Å². The van der Waals surface area contributed by atoms with Gasteiger partial charge < -0.3 is 15.0 Å². The van der Waals surface area contributed by atoms with Gasteiger partial charge in [-0.05, 0) is 56.8 Å². The molecule has 6 heteroatoms. The number of benzene rings is 1. The first kappa shape index (κ1) is 20.8. The summed E-state index contributed by atoms with van der Waals surface area (Å²) in [7, 11) is 0. The molecule has 0 spiro atoms. The van der Waals surface area contributed by atoms with Gasteiger partial charge in [-0.3, -0.25) is 14.5 Å². The largest absolute Gasteiger partial charge is 0.377 e. The van der Waals surface area contributed by atoms with Crippen molar-refractivity contribution in [2.45, 2.75) is 45.8 Å². The van der Waals surface area contributed by atoms with Crippen molar-refractivity contribution < 1.29 is 14.3 Å². The van der Waals surface area contributed by atoms with Crippen molar-refractivity contribution >= 4 is 11.8 Å². The molecular formula is C22H33N3O3. The number of hydrogen-bond donors (Lipinski definition) is 1. The van der Waals surface area contributed by atoms with Gasteiger partial charge in [0.15, 0.2) is 0 Å². The fraction of sp³-hybridized carbons (Fsp3) is 0.636. The molecule has 1 N–H and O–H groups in total. The number of ether oxygens (including phenoxy) is 1. The molecule has 0 aromatic heterocycles. The number of nitrogens with one attached hydrogen (secondary N) is 1. The predicted octanol–water partition coefficient (Wildman–Crippen LogP) is 2.17. The predicted molar refractivity (Wildman–Crippen MR) is 109 cm³/mol. The highest BCUT2D eigenvalue weighted by Gasteiger charge is 2.30. The third-order valence-electron chi connectivity index (χ3n) is 5.71. The highest BCUT2D eigenvalue weighted by atomic mass is 16.5. The summed E-state index contributed by atoms with van der Waals surface area (Å²) in [5.41, 5.74) is 2.23. The van der Waals surface area contributed by atoms with E-state index in [2.05, 4.69) is 10.2 Å². The van der Waals surface area contributed by atoms with Crippen molar-refractivity contribution in [3.63, 3.8) is 0 Å². The molecule has 28 heavy (non-hydrogen) atoms. The summed E-state index contributed by atoms with van der Waals surface area (Å²) in [6.07, 6.45) is 4.01. The molecule has 1 aromatic carbocycles. The number of carbonyl (C=O) groups is 2. The molecule has 0 aliphatic carbocycles. The zero-order valence-corrected chi connectivity index (χ0v) is 17.0. The van der Waals surface area contributed by atoms with Crippen molar-refractivity contribution in [3.05, 3.63) is 35.4 Å². The Bertz CT molecular complexity index is 633. The lowest BCUT2D eigenvalue weighted by atomic mass is 9.95. The summed E-state index contributed by atoms with van der Waals surface area (Å²) in [5.74, 6) is 0.518. The first-order valence-electron chi connectivity index (χ1n) is 10.6. The molecule has 154 valence electrons. The molecule has 2 fully saturated rings. The number of nitrogens with zero attached hydrogens (tertiary/aromatic N) is 2. The molecule has 1 aromatic rings. The second-order valence-corrected chi connectivity index (χ2v) is 7.81. The number of likely N-dealkylation sites (tertiary alicyclic amines) is 2. The first-order chi connectivity index (χ1) is 13.7. The average Bonchev–Trinajstić information content (AvgIpc) is 3.26. The molecule has 0 radical (unpaired) electrons. The molecule has 2 aliphatic rings. The van der Waals surface area contributed by atoms with Crippen LogP contribution in [0.5, 0.6) is 0 Å². The van der Waals surface area contributed by atoms with E-state index in [4.69, 9.17) is 4.74 Å². The maximum atomic E-state index is 12.5. The van der Waals surface area contributed by atoms with Crippen LogP contribution in [0.3, 0.4) is 0 Å². The van der Waals surface area contributed by atoms with E-state index in [-0.39, 0.29) is 11.8 Å². The van der Waals surface area contributed by atoms with Gasteiger partial charge in [0.2, 0.25) is 11.8 Å². The number of hydrogen-bond acceptors (Lipinski definition) is 4.